The van der Waals surface area contributed by atoms with E-state index in [9.17, 15) is 9.90 Å². The molecule has 2 N–H and O–H groups in total. The molecule has 5 aliphatic carbocycles. The monoisotopic (exact) mass is 552 g/mol. The summed E-state index contributed by atoms with van der Waals surface area (Å²) < 4.78 is 0. The Morgan fingerprint density at radius 1 is 0.900 bits per heavy atom. The lowest BCUT2D eigenvalue weighted by molar-refractivity contribution is -0.246. The third-order valence-corrected chi connectivity index (χ3v) is 15.5. The van der Waals surface area contributed by atoms with Crippen molar-refractivity contribution in [3.05, 3.63) is 12.2 Å². The SMILES string of the molecule is C=C(C)[C@@H]1CC[C@]2(C(=O)NC[C@@H]3CCN(C)C3)CC[C@]3(C)[C@H](CC[C@@H]4[C@@]5(C)CC[C@H](O)C(C)(C)[C@@H]5CC[C@]43C)[C@@H]12. The van der Waals surface area contributed by atoms with Crippen LogP contribution >= 0.6 is 0 Å². The van der Waals surface area contributed by atoms with Crippen LogP contribution in [-0.2, 0) is 4.79 Å². The van der Waals surface area contributed by atoms with E-state index >= 15 is 0 Å². The van der Waals surface area contributed by atoms with E-state index in [0.717, 1.165) is 45.3 Å². The zero-order valence-corrected chi connectivity index (χ0v) is 27.0. The highest BCUT2D eigenvalue weighted by atomic mass is 16.3. The van der Waals surface area contributed by atoms with Crippen molar-refractivity contribution in [2.45, 2.75) is 118 Å². The topological polar surface area (TPSA) is 52.6 Å². The van der Waals surface area contributed by atoms with Crippen molar-refractivity contribution in [3.8, 4) is 0 Å². The molecule has 0 bridgehead atoms. The average molecular weight is 553 g/mol. The van der Waals surface area contributed by atoms with Crippen molar-refractivity contribution in [1.29, 1.82) is 0 Å². The van der Waals surface area contributed by atoms with Crippen LogP contribution in [0.25, 0.3) is 0 Å². The molecule has 0 unspecified atom stereocenters. The van der Waals surface area contributed by atoms with Crippen molar-refractivity contribution in [2.75, 3.05) is 26.7 Å². The molecule has 1 amide bonds. The molecular weight excluding hydrogens is 492 g/mol. The van der Waals surface area contributed by atoms with Gasteiger partial charge in [0.2, 0.25) is 5.91 Å². The van der Waals surface area contributed by atoms with Crippen LogP contribution in [0.1, 0.15) is 112 Å². The van der Waals surface area contributed by atoms with Crippen molar-refractivity contribution in [3.63, 3.8) is 0 Å². The predicted molar refractivity (Wildman–Crippen MR) is 164 cm³/mol. The Hall–Kier alpha value is -0.870. The van der Waals surface area contributed by atoms with E-state index < -0.39 is 0 Å². The third-order valence-electron chi connectivity index (χ3n) is 15.5. The Kier molecular flexibility index (Phi) is 6.99. The normalized spacial score (nSPS) is 51.8. The number of aliphatic hydroxyl groups is 1. The maximum atomic E-state index is 14.3. The van der Waals surface area contributed by atoms with E-state index in [1.165, 1.54) is 50.5 Å². The molecule has 4 heteroatoms. The van der Waals surface area contributed by atoms with Gasteiger partial charge in [-0.1, -0.05) is 46.8 Å². The first kappa shape index (κ1) is 29.2. The zero-order valence-electron chi connectivity index (χ0n) is 27.0. The largest absolute Gasteiger partial charge is 0.393 e. The summed E-state index contributed by atoms with van der Waals surface area (Å²) >= 11 is 0. The van der Waals surface area contributed by atoms with Gasteiger partial charge in [0.05, 0.1) is 11.5 Å². The first-order valence-corrected chi connectivity index (χ1v) is 17.0. The lowest BCUT2D eigenvalue weighted by Gasteiger charge is -2.72. The molecule has 0 spiro atoms. The summed E-state index contributed by atoms with van der Waals surface area (Å²) in [6.07, 6.45) is 12.7. The Morgan fingerprint density at radius 2 is 1.65 bits per heavy atom. The Balaban J connectivity index is 1.31. The van der Waals surface area contributed by atoms with E-state index in [1.54, 1.807) is 0 Å². The second-order valence-corrected chi connectivity index (χ2v) is 17.3. The fourth-order valence-corrected chi connectivity index (χ4v) is 13.1. The maximum Gasteiger partial charge on any atom is 0.226 e. The quantitative estimate of drug-likeness (QED) is 0.367. The number of nitrogens with one attached hydrogen (secondary N) is 1. The van der Waals surface area contributed by atoms with Gasteiger partial charge in [0, 0.05) is 13.1 Å². The molecule has 1 aliphatic heterocycles. The van der Waals surface area contributed by atoms with E-state index in [0.29, 0.717) is 52.2 Å². The Labute approximate surface area is 245 Å². The Morgan fingerprint density at radius 3 is 2.33 bits per heavy atom. The zero-order chi connectivity index (χ0) is 28.9. The second-order valence-electron chi connectivity index (χ2n) is 17.3. The molecule has 0 radical (unpaired) electrons. The number of carbonyl (C=O) groups excluding carboxylic acids is 1. The van der Waals surface area contributed by atoms with Crippen LogP contribution in [0.4, 0.5) is 0 Å². The van der Waals surface area contributed by atoms with Crippen LogP contribution in [0.3, 0.4) is 0 Å². The number of likely N-dealkylation sites (tertiary alicyclic amines) is 1. The third kappa shape index (κ3) is 3.85. The van der Waals surface area contributed by atoms with Crippen molar-refractivity contribution < 1.29 is 9.90 Å². The molecule has 6 rings (SSSR count). The number of amides is 1. The molecular formula is C36H60N2O2. The molecule has 6 fully saturated rings. The highest BCUT2D eigenvalue weighted by Gasteiger charge is 2.71. The lowest BCUT2D eigenvalue weighted by Crippen LogP contribution is -2.67. The Bertz CT molecular complexity index is 1040. The van der Waals surface area contributed by atoms with Crippen molar-refractivity contribution >= 4 is 5.91 Å². The van der Waals surface area contributed by atoms with Crippen molar-refractivity contribution in [1.82, 2.24) is 10.2 Å². The minimum absolute atomic E-state index is 0.00346. The van der Waals surface area contributed by atoms with Crippen LogP contribution in [0, 0.1) is 62.6 Å². The van der Waals surface area contributed by atoms with Gasteiger partial charge in [0.15, 0.2) is 0 Å². The van der Waals surface area contributed by atoms with Crippen LogP contribution in [0.5, 0.6) is 0 Å². The molecule has 5 saturated carbocycles. The summed E-state index contributed by atoms with van der Waals surface area (Å²) in [7, 11) is 2.20. The van der Waals surface area contributed by atoms with E-state index in [-0.39, 0.29) is 22.3 Å². The van der Waals surface area contributed by atoms with Gasteiger partial charge >= 0.3 is 0 Å². The van der Waals surface area contributed by atoms with Gasteiger partial charge in [-0.3, -0.25) is 4.79 Å². The van der Waals surface area contributed by atoms with Gasteiger partial charge in [-0.2, -0.15) is 0 Å². The number of rotatable bonds is 4. The molecule has 6 aliphatic rings. The first-order valence-electron chi connectivity index (χ1n) is 17.0. The average Bonchev–Trinajstić information content (AvgIpc) is 3.50. The molecule has 0 aromatic heterocycles. The van der Waals surface area contributed by atoms with Crippen molar-refractivity contribution in [2.24, 2.45) is 62.6 Å². The van der Waals surface area contributed by atoms with Gasteiger partial charge in [-0.15, -0.1) is 0 Å². The van der Waals surface area contributed by atoms with Crippen LogP contribution in [-0.4, -0.2) is 48.7 Å². The van der Waals surface area contributed by atoms with Crippen LogP contribution in [0.15, 0.2) is 12.2 Å². The predicted octanol–water partition coefficient (Wildman–Crippen LogP) is 7.07. The molecule has 40 heavy (non-hydrogen) atoms. The minimum atomic E-state index is -0.209. The molecule has 11 atom stereocenters. The van der Waals surface area contributed by atoms with Gasteiger partial charge in [-0.25, -0.2) is 0 Å². The number of hydrogen-bond donors (Lipinski definition) is 2. The van der Waals surface area contributed by atoms with E-state index in [2.05, 4.69) is 65.4 Å². The fraction of sp³-hybridized carbons (Fsp3) is 0.917. The van der Waals surface area contributed by atoms with E-state index in [1.807, 2.05) is 0 Å². The van der Waals surface area contributed by atoms with Crippen LogP contribution in [0.2, 0.25) is 0 Å². The number of nitrogens with zero attached hydrogens (tertiary/aromatic N) is 1. The molecule has 1 heterocycles. The molecule has 226 valence electrons. The van der Waals surface area contributed by atoms with E-state index in [4.69, 9.17) is 0 Å². The van der Waals surface area contributed by atoms with Crippen LogP contribution < -0.4 is 5.32 Å². The summed E-state index contributed by atoms with van der Waals surface area (Å²) in [5, 5.41) is 14.6. The summed E-state index contributed by atoms with van der Waals surface area (Å²) in [6, 6.07) is 0. The number of allylic oxidation sites excluding steroid dienone is 1. The number of hydrogen-bond acceptors (Lipinski definition) is 3. The van der Waals surface area contributed by atoms with Gasteiger partial charge in [0.1, 0.15) is 0 Å². The smallest absolute Gasteiger partial charge is 0.226 e. The van der Waals surface area contributed by atoms with Gasteiger partial charge in [0.25, 0.3) is 0 Å². The molecule has 0 aromatic rings. The van der Waals surface area contributed by atoms with Gasteiger partial charge < -0.3 is 15.3 Å². The van der Waals surface area contributed by atoms with Gasteiger partial charge in [-0.05, 0) is 148 Å². The fourth-order valence-electron chi connectivity index (χ4n) is 13.1. The maximum absolute atomic E-state index is 14.3. The number of aliphatic hydroxyl groups excluding tert-OH is 1. The lowest BCUT2D eigenvalue weighted by atomic mass is 9.32. The standard InChI is InChI=1S/C36H60N2O2/c1-23(2)25-11-17-36(31(40)37-21-24-14-20-38(8)22-24)19-18-34(6)26(30(25)36)9-10-28-33(5)15-13-29(39)32(3,4)27(33)12-16-35(28,34)7/h24-30,39H,1,9-22H2,2-8H3,(H,37,40)/t24-,25-,26+,27-,28+,29-,30+,33-,34+,35+,36-/m0/s1. The molecule has 1 saturated heterocycles. The number of carbonyl (C=O) groups is 1. The highest BCUT2D eigenvalue weighted by Crippen LogP contribution is 2.77. The number of fused-ring (bicyclic) bond motifs is 7. The molecule has 0 aromatic carbocycles. The minimum Gasteiger partial charge on any atom is -0.393 e. The summed E-state index contributed by atoms with van der Waals surface area (Å²) in [5.41, 5.74) is 1.94. The highest BCUT2D eigenvalue weighted by molar-refractivity contribution is 5.84. The second kappa shape index (κ2) is 9.57. The molecule has 4 nitrogen and oxygen atoms in total. The summed E-state index contributed by atoms with van der Waals surface area (Å²) in [4.78, 5) is 16.7. The summed E-state index contributed by atoms with van der Waals surface area (Å²) in [5.74, 6) is 3.78. The first-order chi connectivity index (χ1) is 18.7. The summed E-state index contributed by atoms with van der Waals surface area (Å²) in [6.45, 7) is 22.5.